The van der Waals surface area contributed by atoms with Gasteiger partial charge in [-0.1, -0.05) is 15.9 Å². The Labute approximate surface area is 179 Å². The standard InChI is InChI=1S/C20H18BrN3O6/c21-12-1-3-16-15(5-12)20(27)24(10-23-16)8-19(26)22-7-13(25)9-28-14-2-4-17-18(6-14)30-11-29-17/h1-6,10,13,25H,7-9,11H2,(H,22,26). The minimum atomic E-state index is -0.929. The number of aromatic nitrogens is 2. The normalized spacial score (nSPS) is 13.3. The van der Waals surface area contributed by atoms with Crippen molar-refractivity contribution in [1.29, 1.82) is 0 Å². The quantitative estimate of drug-likeness (QED) is 0.531. The van der Waals surface area contributed by atoms with E-state index >= 15 is 0 Å². The summed E-state index contributed by atoms with van der Waals surface area (Å²) in [5, 5.41) is 13.1. The molecule has 3 aromatic rings. The number of hydrogen-bond acceptors (Lipinski definition) is 7. The third-order valence-electron chi connectivity index (χ3n) is 4.42. The molecule has 4 rings (SSSR count). The summed E-state index contributed by atoms with van der Waals surface area (Å²) in [4.78, 5) is 28.9. The molecule has 2 N–H and O–H groups in total. The van der Waals surface area contributed by atoms with Gasteiger partial charge in [0.05, 0.1) is 17.2 Å². The van der Waals surface area contributed by atoms with Crippen LogP contribution < -0.4 is 25.1 Å². The first-order chi connectivity index (χ1) is 14.5. The summed E-state index contributed by atoms with van der Waals surface area (Å²) >= 11 is 3.32. The number of benzene rings is 2. The highest BCUT2D eigenvalue weighted by Crippen LogP contribution is 2.35. The van der Waals surface area contributed by atoms with Gasteiger partial charge in [-0.05, 0) is 30.3 Å². The number of ether oxygens (including phenoxy) is 3. The van der Waals surface area contributed by atoms with Crippen molar-refractivity contribution in [3.63, 3.8) is 0 Å². The summed E-state index contributed by atoms with van der Waals surface area (Å²) < 4.78 is 18.0. The Balaban J connectivity index is 1.29. The monoisotopic (exact) mass is 475 g/mol. The lowest BCUT2D eigenvalue weighted by molar-refractivity contribution is -0.122. The maximum atomic E-state index is 12.5. The maximum absolute atomic E-state index is 12.5. The van der Waals surface area contributed by atoms with Crippen molar-refractivity contribution in [2.45, 2.75) is 12.6 Å². The lowest BCUT2D eigenvalue weighted by Crippen LogP contribution is -2.38. The Morgan fingerprint density at radius 1 is 1.27 bits per heavy atom. The molecule has 0 radical (unpaired) electrons. The van der Waals surface area contributed by atoms with Crippen molar-refractivity contribution in [3.05, 3.63) is 57.6 Å². The zero-order valence-electron chi connectivity index (χ0n) is 15.7. The molecule has 9 nitrogen and oxygen atoms in total. The third-order valence-corrected chi connectivity index (χ3v) is 4.91. The number of aliphatic hydroxyl groups is 1. The van der Waals surface area contributed by atoms with E-state index in [-0.39, 0.29) is 32.0 Å². The van der Waals surface area contributed by atoms with Gasteiger partial charge in [-0.25, -0.2) is 4.98 Å². The summed E-state index contributed by atoms with van der Waals surface area (Å²) in [6.45, 7) is -0.0827. The van der Waals surface area contributed by atoms with E-state index in [9.17, 15) is 14.7 Å². The fraction of sp³-hybridized carbons (Fsp3) is 0.250. The fourth-order valence-corrected chi connectivity index (χ4v) is 3.27. The van der Waals surface area contributed by atoms with Crippen LogP contribution in [0.2, 0.25) is 0 Å². The van der Waals surface area contributed by atoms with E-state index in [0.717, 1.165) is 4.47 Å². The van der Waals surface area contributed by atoms with Crippen molar-refractivity contribution < 1.29 is 24.1 Å². The number of rotatable bonds is 7. The molecule has 1 aliphatic rings. The van der Waals surface area contributed by atoms with Crippen molar-refractivity contribution in [3.8, 4) is 17.2 Å². The summed E-state index contributed by atoms with van der Waals surface area (Å²) in [5.74, 6) is 1.32. The molecular formula is C20H18BrN3O6. The molecule has 10 heteroatoms. The van der Waals surface area contributed by atoms with Gasteiger partial charge in [-0.15, -0.1) is 0 Å². The number of nitrogens with one attached hydrogen (secondary N) is 1. The Kier molecular flexibility index (Phi) is 5.86. The smallest absolute Gasteiger partial charge is 0.261 e. The van der Waals surface area contributed by atoms with E-state index in [0.29, 0.717) is 28.2 Å². The maximum Gasteiger partial charge on any atom is 0.261 e. The molecule has 1 aliphatic heterocycles. The second-order valence-corrected chi connectivity index (χ2v) is 7.54. The highest BCUT2D eigenvalue weighted by Gasteiger charge is 2.15. The van der Waals surface area contributed by atoms with Gasteiger partial charge in [0.25, 0.3) is 5.56 Å². The molecule has 0 bridgehead atoms. The Hall–Kier alpha value is -3.11. The number of carbonyl (C=O) groups excluding carboxylic acids is 1. The predicted octanol–water partition coefficient (Wildman–Crippen LogP) is 1.44. The van der Waals surface area contributed by atoms with E-state index in [1.807, 2.05) is 0 Å². The van der Waals surface area contributed by atoms with E-state index < -0.39 is 12.0 Å². The van der Waals surface area contributed by atoms with Gasteiger partial charge in [0, 0.05) is 17.1 Å². The van der Waals surface area contributed by atoms with Crippen LogP contribution in [0.5, 0.6) is 17.2 Å². The van der Waals surface area contributed by atoms with Crippen LogP contribution in [-0.2, 0) is 11.3 Å². The van der Waals surface area contributed by atoms with E-state index in [4.69, 9.17) is 14.2 Å². The molecular weight excluding hydrogens is 458 g/mol. The number of nitrogens with zero attached hydrogens (tertiary/aromatic N) is 2. The molecule has 0 saturated heterocycles. The minimum absolute atomic E-state index is 0.0224. The SMILES string of the molecule is O=C(Cn1cnc2ccc(Br)cc2c1=O)NCC(O)COc1ccc2c(c1)OCO2. The molecule has 2 heterocycles. The van der Waals surface area contributed by atoms with Crippen LogP contribution in [0.15, 0.2) is 52.0 Å². The first kappa shape index (κ1) is 20.2. The van der Waals surface area contributed by atoms with E-state index in [1.165, 1.54) is 10.9 Å². The second kappa shape index (κ2) is 8.72. The molecule has 156 valence electrons. The lowest BCUT2D eigenvalue weighted by Gasteiger charge is -2.14. The summed E-state index contributed by atoms with van der Waals surface area (Å²) in [7, 11) is 0. The predicted molar refractivity (Wildman–Crippen MR) is 111 cm³/mol. The number of amides is 1. The molecule has 0 spiro atoms. The summed E-state index contributed by atoms with van der Waals surface area (Å²) in [6.07, 6.45) is 0.402. The largest absolute Gasteiger partial charge is 0.491 e. The highest BCUT2D eigenvalue weighted by atomic mass is 79.9. The number of carbonyl (C=O) groups is 1. The van der Waals surface area contributed by atoms with Crippen molar-refractivity contribution >= 4 is 32.7 Å². The summed E-state index contributed by atoms with van der Waals surface area (Å²) in [5.41, 5.74) is 0.235. The molecule has 0 saturated carbocycles. The first-order valence-electron chi connectivity index (χ1n) is 9.11. The molecule has 1 unspecified atom stereocenters. The zero-order chi connectivity index (χ0) is 21.1. The topological polar surface area (TPSA) is 112 Å². The zero-order valence-corrected chi connectivity index (χ0v) is 17.3. The molecule has 1 amide bonds. The van der Waals surface area contributed by atoms with Crippen molar-refractivity contribution in [2.24, 2.45) is 0 Å². The number of aliphatic hydroxyl groups excluding tert-OH is 1. The average molecular weight is 476 g/mol. The molecule has 0 aliphatic carbocycles. The van der Waals surface area contributed by atoms with Crippen LogP contribution in [0, 0.1) is 0 Å². The van der Waals surface area contributed by atoms with Crippen LogP contribution >= 0.6 is 15.9 Å². The van der Waals surface area contributed by atoms with Gasteiger partial charge in [-0.2, -0.15) is 0 Å². The number of hydrogen-bond donors (Lipinski definition) is 2. The van der Waals surface area contributed by atoms with Crippen LogP contribution in [-0.4, -0.2) is 46.6 Å². The van der Waals surface area contributed by atoms with Crippen LogP contribution in [0.4, 0.5) is 0 Å². The molecule has 1 atom stereocenters. The van der Waals surface area contributed by atoms with Gasteiger partial charge in [-0.3, -0.25) is 14.2 Å². The van der Waals surface area contributed by atoms with Crippen molar-refractivity contribution in [2.75, 3.05) is 19.9 Å². The third kappa shape index (κ3) is 4.55. The van der Waals surface area contributed by atoms with Crippen LogP contribution in [0.1, 0.15) is 0 Å². The minimum Gasteiger partial charge on any atom is -0.491 e. The molecule has 2 aromatic carbocycles. The second-order valence-electron chi connectivity index (χ2n) is 6.62. The molecule has 30 heavy (non-hydrogen) atoms. The Morgan fingerprint density at radius 3 is 2.97 bits per heavy atom. The molecule has 0 fully saturated rings. The van der Waals surface area contributed by atoms with Crippen molar-refractivity contribution in [1.82, 2.24) is 14.9 Å². The Morgan fingerprint density at radius 2 is 2.10 bits per heavy atom. The van der Waals surface area contributed by atoms with E-state index in [1.54, 1.807) is 36.4 Å². The Bertz CT molecular complexity index is 1150. The lowest BCUT2D eigenvalue weighted by atomic mass is 10.2. The number of halogens is 1. The highest BCUT2D eigenvalue weighted by molar-refractivity contribution is 9.10. The molecule has 1 aromatic heterocycles. The first-order valence-corrected chi connectivity index (χ1v) is 9.91. The van der Waals surface area contributed by atoms with Gasteiger partial charge in [0.1, 0.15) is 25.0 Å². The van der Waals surface area contributed by atoms with Gasteiger partial charge in [0.2, 0.25) is 12.7 Å². The fourth-order valence-electron chi connectivity index (χ4n) is 2.90. The van der Waals surface area contributed by atoms with Crippen LogP contribution in [0.25, 0.3) is 10.9 Å². The van der Waals surface area contributed by atoms with Crippen LogP contribution in [0.3, 0.4) is 0 Å². The van der Waals surface area contributed by atoms with Gasteiger partial charge in [0.15, 0.2) is 11.5 Å². The number of fused-ring (bicyclic) bond motifs is 2. The van der Waals surface area contributed by atoms with Gasteiger partial charge < -0.3 is 24.6 Å². The average Bonchev–Trinajstić information content (AvgIpc) is 3.21. The summed E-state index contributed by atoms with van der Waals surface area (Å²) in [6, 6.07) is 10.3. The van der Waals surface area contributed by atoms with E-state index in [2.05, 4.69) is 26.2 Å². The van der Waals surface area contributed by atoms with Gasteiger partial charge >= 0.3 is 0 Å².